The molecule has 13 heteroatoms. The molecule has 0 spiro atoms. The van der Waals surface area contributed by atoms with Crippen molar-refractivity contribution in [3.05, 3.63) is 111 Å². The standard InChI is InChI=1S/C30H30F4N6O3/c1-19-3-8-26(41)39(12-19)13-20-4-6-21(7-5-20)14-40-17-23(28(37-40)22-15-38(16-22)18-30(32,33)34)29(42)36-11-24-27(31)25(43-2)9-10-35-24/h3-10,12,17,22H,11,13-16,18H2,1-2H3,(H,36,42). The number of likely N-dealkylation sites (tertiary alicyclic amines) is 1. The summed E-state index contributed by atoms with van der Waals surface area (Å²) >= 11 is 0. The van der Waals surface area contributed by atoms with Gasteiger partial charge in [0.2, 0.25) is 0 Å². The Hall–Kier alpha value is -4.52. The first-order chi connectivity index (χ1) is 20.5. The van der Waals surface area contributed by atoms with Gasteiger partial charge in [0.05, 0.1) is 50.2 Å². The second-order valence-corrected chi connectivity index (χ2v) is 10.6. The molecule has 1 saturated heterocycles. The van der Waals surface area contributed by atoms with Crippen LogP contribution in [0.15, 0.2) is 65.8 Å². The lowest BCUT2D eigenvalue weighted by molar-refractivity contribution is -0.155. The minimum atomic E-state index is -4.32. The molecule has 1 fully saturated rings. The first kappa shape index (κ1) is 30.0. The molecule has 1 amide bonds. The van der Waals surface area contributed by atoms with Crippen molar-refractivity contribution < 1.29 is 27.1 Å². The summed E-state index contributed by atoms with van der Waals surface area (Å²) < 4.78 is 61.3. The van der Waals surface area contributed by atoms with Gasteiger partial charge in [-0.15, -0.1) is 0 Å². The van der Waals surface area contributed by atoms with E-state index in [0.717, 1.165) is 16.7 Å². The molecule has 226 valence electrons. The number of rotatable bonds is 10. The average Bonchev–Trinajstić information content (AvgIpc) is 3.35. The van der Waals surface area contributed by atoms with Crippen molar-refractivity contribution in [3.63, 3.8) is 0 Å². The number of carbonyl (C=O) groups excluding carboxylic acids is 1. The molecule has 0 unspecified atom stereocenters. The molecule has 1 aromatic carbocycles. The first-order valence-corrected chi connectivity index (χ1v) is 13.6. The third kappa shape index (κ3) is 7.28. The zero-order valence-corrected chi connectivity index (χ0v) is 23.6. The number of aryl methyl sites for hydroxylation is 1. The normalized spacial score (nSPS) is 14.0. The van der Waals surface area contributed by atoms with Crippen LogP contribution in [-0.4, -0.2) is 63.1 Å². The maximum absolute atomic E-state index is 14.5. The summed E-state index contributed by atoms with van der Waals surface area (Å²) in [5.74, 6) is -1.62. The summed E-state index contributed by atoms with van der Waals surface area (Å²) in [7, 11) is 1.32. The summed E-state index contributed by atoms with van der Waals surface area (Å²) in [6.45, 7) is 1.59. The van der Waals surface area contributed by atoms with E-state index >= 15 is 0 Å². The molecule has 1 aliphatic rings. The van der Waals surface area contributed by atoms with E-state index in [1.165, 1.54) is 30.3 Å². The number of alkyl halides is 3. The van der Waals surface area contributed by atoms with Gasteiger partial charge in [0, 0.05) is 49.7 Å². The molecule has 4 heterocycles. The van der Waals surface area contributed by atoms with E-state index in [2.05, 4.69) is 15.4 Å². The number of ether oxygens (including phenoxy) is 1. The van der Waals surface area contributed by atoms with Gasteiger partial charge in [-0.3, -0.25) is 24.2 Å². The molecule has 4 aromatic rings. The molecular weight excluding hydrogens is 568 g/mol. The summed E-state index contributed by atoms with van der Waals surface area (Å²) in [6, 6.07) is 12.2. The van der Waals surface area contributed by atoms with Crippen molar-refractivity contribution in [1.29, 1.82) is 0 Å². The fourth-order valence-electron chi connectivity index (χ4n) is 5.03. The van der Waals surface area contributed by atoms with Gasteiger partial charge in [0.25, 0.3) is 11.5 Å². The van der Waals surface area contributed by atoms with Gasteiger partial charge < -0.3 is 14.6 Å². The average molecular weight is 599 g/mol. The van der Waals surface area contributed by atoms with Crippen LogP contribution in [-0.2, 0) is 19.6 Å². The molecule has 0 radical (unpaired) electrons. The smallest absolute Gasteiger partial charge is 0.401 e. The van der Waals surface area contributed by atoms with Crippen LogP contribution < -0.4 is 15.6 Å². The van der Waals surface area contributed by atoms with Gasteiger partial charge in [-0.2, -0.15) is 18.3 Å². The minimum absolute atomic E-state index is 0.0102. The number of carbonyl (C=O) groups is 1. The van der Waals surface area contributed by atoms with Crippen molar-refractivity contribution in [2.75, 3.05) is 26.7 Å². The SMILES string of the molecule is COc1ccnc(CNC(=O)c2cn(Cc3ccc(Cn4cc(C)ccc4=O)cc3)nc2C2CN(CC(F)(F)F)C2)c1F. The van der Waals surface area contributed by atoms with Crippen molar-refractivity contribution in [1.82, 2.24) is 29.5 Å². The van der Waals surface area contributed by atoms with E-state index in [1.807, 2.05) is 31.2 Å². The third-order valence-electron chi connectivity index (χ3n) is 7.20. The van der Waals surface area contributed by atoms with Crippen LogP contribution >= 0.6 is 0 Å². The molecule has 43 heavy (non-hydrogen) atoms. The Morgan fingerprint density at radius 3 is 2.42 bits per heavy atom. The minimum Gasteiger partial charge on any atom is -0.494 e. The predicted molar refractivity (Wildman–Crippen MR) is 149 cm³/mol. The number of pyridine rings is 2. The Kier molecular flexibility index (Phi) is 8.62. The van der Waals surface area contributed by atoms with Crippen LogP contribution in [0.1, 0.15) is 44.4 Å². The van der Waals surface area contributed by atoms with Crippen LogP contribution in [0.25, 0.3) is 0 Å². The lowest BCUT2D eigenvalue weighted by Crippen LogP contribution is -2.49. The Morgan fingerprint density at radius 1 is 1.05 bits per heavy atom. The van der Waals surface area contributed by atoms with E-state index in [4.69, 9.17) is 4.74 Å². The lowest BCUT2D eigenvalue weighted by Gasteiger charge is -2.38. The fraction of sp³-hybridized carbons (Fsp3) is 0.333. The number of nitrogens with one attached hydrogen (secondary N) is 1. The molecule has 1 aliphatic heterocycles. The second-order valence-electron chi connectivity index (χ2n) is 10.6. The zero-order chi connectivity index (χ0) is 30.7. The molecule has 0 aliphatic carbocycles. The zero-order valence-electron chi connectivity index (χ0n) is 23.6. The number of amides is 1. The van der Waals surface area contributed by atoms with Gasteiger partial charge in [-0.05, 0) is 23.6 Å². The Balaban J connectivity index is 1.32. The summed E-state index contributed by atoms with van der Waals surface area (Å²) in [5.41, 5.74) is 3.24. The Morgan fingerprint density at radius 2 is 1.74 bits per heavy atom. The van der Waals surface area contributed by atoms with Crippen molar-refractivity contribution in [3.8, 4) is 5.75 Å². The summed E-state index contributed by atoms with van der Waals surface area (Å²) in [6.07, 6.45) is 0.383. The predicted octanol–water partition coefficient (Wildman–Crippen LogP) is 3.88. The number of nitrogens with zero attached hydrogens (tertiary/aromatic N) is 5. The van der Waals surface area contributed by atoms with Gasteiger partial charge in [0.1, 0.15) is 0 Å². The van der Waals surface area contributed by atoms with Gasteiger partial charge in [-0.25, -0.2) is 4.39 Å². The van der Waals surface area contributed by atoms with E-state index in [1.54, 1.807) is 27.7 Å². The molecule has 0 bridgehead atoms. The number of hydrogen-bond donors (Lipinski definition) is 1. The largest absolute Gasteiger partial charge is 0.494 e. The molecule has 1 N–H and O–H groups in total. The molecule has 0 atom stereocenters. The molecule has 9 nitrogen and oxygen atoms in total. The van der Waals surface area contributed by atoms with E-state index in [9.17, 15) is 27.2 Å². The molecule has 5 rings (SSSR count). The van der Waals surface area contributed by atoms with Crippen LogP contribution in [0.5, 0.6) is 5.75 Å². The lowest BCUT2D eigenvalue weighted by atomic mass is 9.93. The first-order valence-electron chi connectivity index (χ1n) is 13.6. The summed E-state index contributed by atoms with van der Waals surface area (Å²) in [5, 5.41) is 7.23. The highest BCUT2D eigenvalue weighted by Crippen LogP contribution is 2.31. The highest BCUT2D eigenvalue weighted by atomic mass is 19.4. The van der Waals surface area contributed by atoms with Gasteiger partial charge in [0.15, 0.2) is 11.6 Å². The van der Waals surface area contributed by atoms with Crippen LogP contribution in [0.2, 0.25) is 0 Å². The topological polar surface area (TPSA) is 94.3 Å². The maximum Gasteiger partial charge on any atom is 0.401 e. The maximum atomic E-state index is 14.5. The van der Waals surface area contributed by atoms with Gasteiger partial charge in [-0.1, -0.05) is 30.3 Å². The van der Waals surface area contributed by atoms with Crippen LogP contribution in [0.3, 0.4) is 0 Å². The summed E-state index contributed by atoms with van der Waals surface area (Å²) in [4.78, 5) is 30.6. The van der Waals surface area contributed by atoms with E-state index in [-0.39, 0.29) is 48.1 Å². The number of benzene rings is 1. The Labute approximate surface area is 244 Å². The second kappa shape index (κ2) is 12.4. The van der Waals surface area contributed by atoms with E-state index < -0.39 is 24.4 Å². The molecular formula is C30H30F4N6O3. The van der Waals surface area contributed by atoms with E-state index in [0.29, 0.717) is 18.8 Å². The van der Waals surface area contributed by atoms with Crippen molar-refractivity contribution >= 4 is 5.91 Å². The van der Waals surface area contributed by atoms with Crippen molar-refractivity contribution in [2.24, 2.45) is 0 Å². The van der Waals surface area contributed by atoms with Crippen LogP contribution in [0, 0.1) is 12.7 Å². The number of aromatic nitrogens is 4. The van der Waals surface area contributed by atoms with Crippen LogP contribution in [0.4, 0.5) is 17.6 Å². The molecule has 3 aromatic heterocycles. The number of halogens is 4. The fourth-order valence-corrected chi connectivity index (χ4v) is 5.03. The number of methoxy groups -OCH3 is 1. The number of hydrogen-bond acceptors (Lipinski definition) is 6. The highest BCUT2D eigenvalue weighted by molar-refractivity contribution is 5.95. The van der Waals surface area contributed by atoms with Crippen molar-refractivity contribution in [2.45, 2.75) is 38.7 Å². The third-order valence-corrected chi connectivity index (χ3v) is 7.20. The monoisotopic (exact) mass is 598 g/mol. The quantitative estimate of drug-likeness (QED) is 0.279. The molecule has 0 saturated carbocycles. The highest BCUT2D eigenvalue weighted by Gasteiger charge is 2.40. The Bertz CT molecular complexity index is 1660. The van der Waals surface area contributed by atoms with Gasteiger partial charge >= 0.3 is 6.18 Å².